The summed E-state index contributed by atoms with van der Waals surface area (Å²) in [6, 6.07) is 8.95. The molecule has 2 heterocycles. The van der Waals surface area contributed by atoms with E-state index in [4.69, 9.17) is 19.9 Å². The Labute approximate surface area is 247 Å². The van der Waals surface area contributed by atoms with Gasteiger partial charge in [-0.25, -0.2) is 13.8 Å². The molecule has 0 saturated carbocycles. The van der Waals surface area contributed by atoms with Crippen molar-refractivity contribution in [3.8, 4) is 28.5 Å². The van der Waals surface area contributed by atoms with Crippen molar-refractivity contribution in [3.63, 3.8) is 0 Å². The first-order valence-electron chi connectivity index (χ1n) is 13.0. The van der Waals surface area contributed by atoms with E-state index in [9.17, 15) is 41.8 Å². The van der Waals surface area contributed by atoms with Crippen LogP contribution in [0.25, 0.3) is 11.3 Å². The Bertz CT molecular complexity index is 1550. The van der Waals surface area contributed by atoms with Crippen LogP contribution in [-0.2, 0) is 15.8 Å². The molecule has 10 nitrogen and oxygen atoms in total. The fraction of sp³-hybridized carbons (Fsp3) is 0.345. The number of hydrogen-bond donors (Lipinski definition) is 4. The number of carbonyl (C=O) groups excluding carboxylic acids is 2. The van der Waals surface area contributed by atoms with E-state index < -0.39 is 66.4 Å². The van der Waals surface area contributed by atoms with Gasteiger partial charge in [0.25, 0.3) is 5.91 Å². The number of rotatable bonds is 11. The Morgan fingerprint density at radius 1 is 1.16 bits per heavy atom. The number of benzene rings is 2. The second-order valence-corrected chi connectivity index (χ2v) is 10.3. The molecular formula is C29H28F5N3O7. The van der Waals surface area contributed by atoms with Crippen LogP contribution in [0.1, 0.15) is 28.5 Å². The molecule has 0 radical (unpaired) electrons. The van der Waals surface area contributed by atoms with Crippen LogP contribution in [0.3, 0.4) is 0 Å². The third-order valence-corrected chi connectivity index (χ3v) is 7.17. The quantitative estimate of drug-likeness (QED) is 0.238. The predicted octanol–water partition coefficient (Wildman–Crippen LogP) is 2.92. The largest absolute Gasteiger partial charge is 0.493 e. The first-order valence-corrected chi connectivity index (χ1v) is 13.0. The van der Waals surface area contributed by atoms with Gasteiger partial charge in [0.15, 0.2) is 11.5 Å². The van der Waals surface area contributed by atoms with E-state index in [0.717, 1.165) is 24.3 Å². The van der Waals surface area contributed by atoms with E-state index in [-0.39, 0.29) is 46.2 Å². The van der Waals surface area contributed by atoms with Gasteiger partial charge in [-0.3, -0.25) is 9.59 Å². The van der Waals surface area contributed by atoms with E-state index in [1.54, 1.807) is 0 Å². The number of ether oxygens (including phenoxy) is 3. The zero-order chi connectivity index (χ0) is 32.4. The normalized spacial score (nSPS) is 18.0. The standard InChI is InChI=1S/C29H28F5N3O7/c1-27(26(35)40)14-44-24-19(27)10-22(37-23(24)15-3-6-17(31)7-4-15)28(41,29(32,33)34)13-36-25(39)16-5-8-20(21(9-16)42-2)43-12-18(38)11-30/h3-10,18,38,41H,11-14H2,1-2H3,(H2,35,40)(H,36,39)/t18-,27+,28+/m1/s1. The number of methoxy groups -OCH3 is 1. The smallest absolute Gasteiger partial charge is 0.424 e. The Balaban J connectivity index is 1.72. The third kappa shape index (κ3) is 6.10. The van der Waals surface area contributed by atoms with Gasteiger partial charge < -0.3 is 35.5 Å². The minimum absolute atomic E-state index is 0.0266. The summed E-state index contributed by atoms with van der Waals surface area (Å²) in [7, 11) is 1.22. The molecule has 0 spiro atoms. The zero-order valence-electron chi connectivity index (χ0n) is 23.4. The number of nitrogens with one attached hydrogen (secondary N) is 1. The SMILES string of the molecule is COc1cc(C(=O)NC[C@](O)(c2cc3c(c(-c4ccc(F)cc4)n2)OC[C@]3(C)C(N)=O)C(F)(F)F)ccc1OC[C@H](O)CF. The molecule has 0 bridgehead atoms. The first-order chi connectivity index (χ1) is 20.6. The number of aromatic nitrogens is 1. The fourth-order valence-corrected chi connectivity index (χ4v) is 4.41. The van der Waals surface area contributed by atoms with Crippen molar-refractivity contribution < 1.29 is 56.0 Å². The van der Waals surface area contributed by atoms with Gasteiger partial charge in [0.2, 0.25) is 11.5 Å². The van der Waals surface area contributed by atoms with E-state index in [1.807, 2.05) is 5.32 Å². The lowest BCUT2D eigenvalue weighted by molar-refractivity contribution is -0.265. The highest BCUT2D eigenvalue weighted by Crippen LogP contribution is 2.47. The summed E-state index contributed by atoms with van der Waals surface area (Å²) >= 11 is 0. The number of primary amides is 1. The molecule has 236 valence electrons. The molecule has 15 heteroatoms. The molecule has 3 atom stereocenters. The van der Waals surface area contributed by atoms with Crippen LogP contribution < -0.4 is 25.3 Å². The summed E-state index contributed by atoms with van der Waals surface area (Å²) < 4.78 is 85.9. The minimum atomic E-state index is -5.41. The lowest BCUT2D eigenvalue weighted by Gasteiger charge is -2.31. The van der Waals surface area contributed by atoms with Gasteiger partial charge in [0, 0.05) is 16.7 Å². The van der Waals surface area contributed by atoms with Crippen LogP contribution in [0.4, 0.5) is 22.0 Å². The summed E-state index contributed by atoms with van der Waals surface area (Å²) in [5.74, 6) is -2.67. The summed E-state index contributed by atoms with van der Waals surface area (Å²) in [4.78, 5) is 29.3. The topological polar surface area (TPSA) is 153 Å². The van der Waals surface area contributed by atoms with Crippen LogP contribution in [0.2, 0.25) is 0 Å². The fourth-order valence-electron chi connectivity index (χ4n) is 4.41. The molecule has 3 aromatic rings. The lowest BCUT2D eigenvalue weighted by atomic mass is 9.81. The summed E-state index contributed by atoms with van der Waals surface area (Å²) in [6.07, 6.45) is -6.82. The average molecular weight is 626 g/mol. The molecule has 0 aliphatic carbocycles. The summed E-state index contributed by atoms with van der Waals surface area (Å²) in [5, 5.41) is 22.5. The third-order valence-electron chi connectivity index (χ3n) is 7.17. The first kappa shape index (κ1) is 32.4. The Morgan fingerprint density at radius 3 is 2.43 bits per heavy atom. The summed E-state index contributed by atoms with van der Waals surface area (Å²) in [6.45, 7) is -1.88. The highest BCUT2D eigenvalue weighted by molar-refractivity contribution is 5.95. The lowest BCUT2D eigenvalue weighted by Crippen LogP contribution is -2.51. The Hall–Kier alpha value is -4.50. The molecular weight excluding hydrogens is 597 g/mol. The highest BCUT2D eigenvalue weighted by Gasteiger charge is 2.57. The molecule has 5 N–H and O–H groups in total. The van der Waals surface area contributed by atoms with E-state index >= 15 is 0 Å². The van der Waals surface area contributed by atoms with E-state index in [2.05, 4.69) is 4.98 Å². The number of hydrogen-bond acceptors (Lipinski definition) is 8. The minimum Gasteiger partial charge on any atom is -0.493 e. The van der Waals surface area contributed by atoms with Crippen LogP contribution in [0.5, 0.6) is 17.2 Å². The number of alkyl halides is 4. The number of pyridine rings is 1. The number of aliphatic hydroxyl groups is 2. The number of carbonyl (C=O) groups is 2. The van der Waals surface area contributed by atoms with Crippen LogP contribution in [-0.4, -0.2) is 72.8 Å². The Morgan fingerprint density at radius 2 is 1.84 bits per heavy atom. The number of halogens is 5. The number of amides is 2. The van der Waals surface area contributed by atoms with Gasteiger partial charge in [-0.15, -0.1) is 0 Å². The molecule has 0 saturated heterocycles. The molecule has 4 rings (SSSR count). The molecule has 44 heavy (non-hydrogen) atoms. The molecule has 0 unspecified atom stereocenters. The van der Waals surface area contributed by atoms with Crippen molar-refractivity contribution in [1.29, 1.82) is 0 Å². The van der Waals surface area contributed by atoms with Crippen molar-refractivity contribution in [2.24, 2.45) is 5.73 Å². The van der Waals surface area contributed by atoms with Crippen molar-refractivity contribution in [1.82, 2.24) is 10.3 Å². The average Bonchev–Trinajstić information content (AvgIpc) is 3.35. The Kier molecular flexibility index (Phi) is 9.02. The predicted molar refractivity (Wildman–Crippen MR) is 144 cm³/mol. The van der Waals surface area contributed by atoms with Crippen LogP contribution in [0.15, 0.2) is 48.5 Å². The van der Waals surface area contributed by atoms with Gasteiger partial charge in [-0.2, -0.15) is 13.2 Å². The maximum atomic E-state index is 14.6. The van der Waals surface area contributed by atoms with Crippen LogP contribution >= 0.6 is 0 Å². The molecule has 1 aliphatic heterocycles. The van der Waals surface area contributed by atoms with Gasteiger partial charge in [-0.1, -0.05) is 0 Å². The van der Waals surface area contributed by atoms with E-state index in [1.165, 1.54) is 38.3 Å². The second kappa shape index (κ2) is 12.2. The molecule has 2 amide bonds. The van der Waals surface area contributed by atoms with Crippen molar-refractivity contribution >= 4 is 11.8 Å². The van der Waals surface area contributed by atoms with Gasteiger partial charge >= 0.3 is 6.18 Å². The number of nitrogens with two attached hydrogens (primary N) is 1. The monoisotopic (exact) mass is 625 g/mol. The zero-order valence-corrected chi connectivity index (χ0v) is 23.4. The molecule has 2 aromatic carbocycles. The van der Waals surface area contributed by atoms with E-state index in [0.29, 0.717) is 0 Å². The maximum Gasteiger partial charge on any atom is 0.424 e. The second-order valence-electron chi connectivity index (χ2n) is 10.3. The molecule has 0 fully saturated rings. The van der Waals surface area contributed by atoms with Crippen molar-refractivity contribution in [2.75, 3.05) is 33.5 Å². The van der Waals surface area contributed by atoms with Gasteiger partial charge in [-0.05, 0) is 55.5 Å². The number of fused-ring (bicyclic) bond motifs is 1. The van der Waals surface area contributed by atoms with Crippen molar-refractivity contribution in [3.05, 3.63) is 71.2 Å². The van der Waals surface area contributed by atoms with Crippen molar-refractivity contribution in [2.45, 2.75) is 30.2 Å². The number of aliphatic hydroxyl groups excluding tert-OH is 1. The summed E-state index contributed by atoms with van der Waals surface area (Å²) in [5.41, 5.74) is -1.16. The van der Waals surface area contributed by atoms with Crippen LogP contribution in [0, 0.1) is 5.82 Å². The van der Waals surface area contributed by atoms with Gasteiger partial charge in [0.1, 0.15) is 48.7 Å². The molecule has 1 aromatic heterocycles. The van der Waals surface area contributed by atoms with Gasteiger partial charge in [0.05, 0.1) is 19.3 Å². The highest BCUT2D eigenvalue weighted by atomic mass is 19.4. The molecule has 1 aliphatic rings. The number of nitrogens with zero attached hydrogens (tertiary/aromatic N) is 1. The maximum absolute atomic E-state index is 14.6.